The molecule has 0 bridgehead atoms. The van der Waals surface area contributed by atoms with Gasteiger partial charge in [0.25, 0.3) is 0 Å². The van der Waals surface area contributed by atoms with Gasteiger partial charge in [0.1, 0.15) is 0 Å². The minimum atomic E-state index is 0.697. The van der Waals surface area contributed by atoms with Crippen molar-refractivity contribution < 1.29 is 0 Å². The first kappa shape index (κ1) is 11.7. The van der Waals surface area contributed by atoms with Crippen molar-refractivity contribution in [2.24, 2.45) is 0 Å². The number of rotatable bonds is 6. The molecule has 1 unspecified atom stereocenters. The summed E-state index contributed by atoms with van der Waals surface area (Å²) < 4.78 is 0. The number of aryl methyl sites for hydroxylation is 1. The smallest absolute Gasteiger partial charge is 0.0302 e. The summed E-state index contributed by atoms with van der Waals surface area (Å²) in [7, 11) is 0. The normalized spacial score (nSPS) is 13.1. The van der Waals surface area contributed by atoms with Gasteiger partial charge >= 0.3 is 0 Å². The van der Waals surface area contributed by atoms with E-state index in [1.54, 1.807) is 0 Å². The van der Waals surface area contributed by atoms with Crippen LogP contribution in [-0.4, -0.2) is 6.04 Å². The third-order valence-corrected chi connectivity index (χ3v) is 3.49. The summed E-state index contributed by atoms with van der Waals surface area (Å²) in [4.78, 5) is 2.86. The van der Waals surface area contributed by atoms with E-state index in [2.05, 4.69) is 38.2 Å². The fourth-order valence-electron chi connectivity index (χ4n) is 1.62. The average Bonchev–Trinajstić information content (AvgIpc) is 2.59. The molecule has 0 fully saturated rings. The SMILES string of the molecule is CCCC(CC)NCc1ccc(C)s1. The number of nitrogens with one attached hydrogen (secondary N) is 1. The van der Waals surface area contributed by atoms with E-state index < -0.39 is 0 Å². The zero-order valence-corrected chi connectivity index (χ0v) is 10.3. The molecule has 0 aromatic carbocycles. The zero-order valence-electron chi connectivity index (χ0n) is 9.47. The van der Waals surface area contributed by atoms with E-state index in [-0.39, 0.29) is 0 Å². The van der Waals surface area contributed by atoms with Gasteiger partial charge < -0.3 is 5.32 Å². The van der Waals surface area contributed by atoms with Gasteiger partial charge in [0, 0.05) is 22.3 Å². The van der Waals surface area contributed by atoms with Crippen LogP contribution in [-0.2, 0) is 6.54 Å². The second-order valence-corrected chi connectivity index (χ2v) is 5.16. The van der Waals surface area contributed by atoms with E-state index in [0.717, 1.165) is 6.54 Å². The third-order valence-electron chi connectivity index (χ3n) is 2.49. The average molecular weight is 211 g/mol. The second kappa shape index (κ2) is 6.20. The quantitative estimate of drug-likeness (QED) is 0.756. The molecule has 1 atom stereocenters. The Morgan fingerprint density at radius 1 is 1.36 bits per heavy atom. The van der Waals surface area contributed by atoms with Crippen LogP contribution in [0.25, 0.3) is 0 Å². The Labute approximate surface area is 91.5 Å². The molecule has 1 nitrogen and oxygen atoms in total. The predicted octanol–water partition coefficient (Wildman–Crippen LogP) is 3.72. The first-order valence-corrected chi connectivity index (χ1v) is 6.36. The fraction of sp³-hybridized carbons (Fsp3) is 0.667. The highest BCUT2D eigenvalue weighted by Crippen LogP contribution is 2.15. The van der Waals surface area contributed by atoms with Crippen LogP contribution >= 0.6 is 11.3 Å². The van der Waals surface area contributed by atoms with Gasteiger partial charge in [-0.05, 0) is 31.9 Å². The summed E-state index contributed by atoms with van der Waals surface area (Å²) in [6.07, 6.45) is 3.80. The highest BCUT2D eigenvalue weighted by molar-refractivity contribution is 7.11. The van der Waals surface area contributed by atoms with Gasteiger partial charge in [0.2, 0.25) is 0 Å². The summed E-state index contributed by atoms with van der Waals surface area (Å²) in [6.45, 7) is 7.71. The van der Waals surface area contributed by atoms with E-state index in [0.29, 0.717) is 6.04 Å². The number of hydrogen-bond donors (Lipinski definition) is 1. The summed E-state index contributed by atoms with van der Waals surface area (Å²) in [5.41, 5.74) is 0. The molecule has 0 radical (unpaired) electrons. The predicted molar refractivity (Wildman–Crippen MR) is 64.9 cm³/mol. The van der Waals surface area contributed by atoms with Crippen LogP contribution in [0.1, 0.15) is 42.9 Å². The van der Waals surface area contributed by atoms with Crippen molar-refractivity contribution in [2.45, 2.75) is 52.6 Å². The lowest BCUT2D eigenvalue weighted by Gasteiger charge is -2.14. The largest absolute Gasteiger partial charge is 0.309 e. The Hall–Kier alpha value is -0.340. The number of hydrogen-bond acceptors (Lipinski definition) is 2. The van der Waals surface area contributed by atoms with Crippen LogP contribution < -0.4 is 5.32 Å². The lowest BCUT2D eigenvalue weighted by molar-refractivity contribution is 0.464. The van der Waals surface area contributed by atoms with Crippen molar-refractivity contribution in [1.29, 1.82) is 0 Å². The maximum atomic E-state index is 3.61. The summed E-state index contributed by atoms with van der Waals surface area (Å²) in [5.74, 6) is 0. The molecule has 80 valence electrons. The Bertz CT molecular complexity index is 255. The molecule has 0 saturated heterocycles. The molecule has 1 aromatic heterocycles. The Kier molecular flexibility index (Phi) is 5.20. The fourth-order valence-corrected chi connectivity index (χ4v) is 2.47. The lowest BCUT2D eigenvalue weighted by Crippen LogP contribution is -2.27. The molecule has 0 saturated carbocycles. The molecule has 1 aromatic rings. The summed E-state index contributed by atoms with van der Waals surface area (Å²) >= 11 is 1.90. The van der Waals surface area contributed by atoms with E-state index in [1.807, 2.05) is 11.3 Å². The van der Waals surface area contributed by atoms with Crippen LogP contribution in [0, 0.1) is 6.92 Å². The molecule has 0 aliphatic rings. The molecular formula is C12H21NS. The molecule has 1 N–H and O–H groups in total. The van der Waals surface area contributed by atoms with Crippen LogP contribution in [0.5, 0.6) is 0 Å². The standard InChI is InChI=1S/C12H21NS/c1-4-6-11(5-2)13-9-12-8-7-10(3)14-12/h7-8,11,13H,4-6,9H2,1-3H3. The number of thiophene rings is 1. The van der Waals surface area contributed by atoms with Gasteiger partial charge in [-0.3, -0.25) is 0 Å². The molecule has 0 spiro atoms. The molecule has 14 heavy (non-hydrogen) atoms. The van der Waals surface area contributed by atoms with Crippen molar-refractivity contribution >= 4 is 11.3 Å². The third kappa shape index (κ3) is 3.81. The molecular weight excluding hydrogens is 190 g/mol. The highest BCUT2D eigenvalue weighted by Gasteiger charge is 2.04. The highest BCUT2D eigenvalue weighted by atomic mass is 32.1. The van der Waals surface area contributed by atoms with Gasteiger partial charge in [0.15, 0.2) is 0 Å². The Balaban J connectivity index is 2.31. The van der Waals surface area contributed by atoms with Crippen molar-refractivity contribution in [3.05, 3.63) is 21.9 Å². The molecule has 0 amide bonds. The van der Waals surface area contributed by atoms with Gasteiger partial charge in [-0.15, -0.1) is 11.3 Å². The maximum absolute atomic E-state index is 3.61. The molecule has 1 heterocycles. The van der Waals surface area contributed by atoms with Crippen LogP contribution in [0.3, 0.4) is 0 Å². The molecule has 1 rings (SSSR count). The first-order chi connectivity index (χ1) is 6.76. The van der Waals surface area contributed by atoms with Crippen molar-refractivity contribution in [3.63, 3.8) is 0 Å². The Morgan fingerprint density at radius 2 is 2.14 bits per heavy atom. The summed E-state index contributed by atoms with van der Waals surface area (Å²) in [5, 5.41) is 3.61. The summed E-state index contributed by atoms with van der Waals surface area (Å²) in [6, 6.07) is 5.12. The first-order valence-electron chi connectivity index (χ1n) is 5.55. The molecule has 0 aliphatic heterocycles. The van der Waals surface area contributed by atoms with Crippen molar-refractivity contribution in [1.82, 2.24) is 5.32 Å². The van der Waals surface area contributed by atoms with Crippen LogP contribution in [0.15, 0.2) is 12.1 Å². The zero-order chi connectivity index (χ0) is 10.4. The topological polar surface area (TPSA) is 12.0 Å². The van der Waals surface area contributed by atoms with Gasteiger partial charge in [-0.2, -0.15) is 0 Å². The van der Waals surface area contributed by atoms with Crippen molar-refractivity contribution in [3.8, 4) is 0 Å². The van der Waals surface area contributed by atoms with Gasteiger partial charge in [-0.1, -0.05) is 20.3 Å². The monoisotopic (exact) mass is 211 g/mol. The second-order valence-electron chi connectivity index (χ2n) is 3.79. The van der Waals surface area contributed by atoms with Crippen LogP contribution in [0.4, 0.5) is 0 Å². The maximum Gasteiger partial charge on any atom is 0.0302 e. The lowest BCUT2D eigenvalue weighted by atomic mass is 10.1. The van der Waals surface area contributed by atoms with Crippen molar-refractivity contribution in [2.75, 3.05) is 0 Å². The molecule has 2 heteroatoms. The minimum Gasteiger partial charge on any atom is -0.309 e. The minimum absolute atomic E-state index is 0.697. The van der Waals surface area contributed by atoms with E-state index in [4.69, 9.17) is 0 Å². The van der Waals surface area contributed by atoms with Gasteiger partial charge in [-0.25, -0.2) is 0 Å². The Morgan fingerprint density at radius 3 is 2.64 bits per heavy atom. The van der Waals surface area contributed by atoms with Crippen LogP contribution in [0.2, 0.25) is 0 Å². The molecule has 0 aliphatic carbocycles. The van der Waals surface area contributed by atoms with Gasteiger partial charge in [0.05, 0.1) is 0 Å². The van der Waals surface area contributed by atoms with E-state index >= 15 is 0 Å². The van der Waals surface area contributed by atoms with E-state index in [1.165, 1.54) is 29.0 Å². The van der Waals surface area contributed by atoms with E-state index in [9.17, 15) is 0 Å².